The summed E-state index contributed by atoms with van der Waals surface area (Å²) in [5.74, 6) is 0. The standard InChI is InChI=1S/C22H16Se2/c1-4-10-17(11-5-1)20-16-21(23-19-14-8-3-9-15-19)22(24-20)18-12-6-2-7-13-18/h1-16H. The van der Waals surface area contributed by atoms with Crippen molar-refractivity contribution in [2.24, 2.45) is 0 Å². The molecule has 4 aromatic rings. The van der Waals surface area contributed by atoms with E-state index in [4.69, 9.17) is 0 Å². The van der Waals surface area contributed by atoms with Gasteiger partial charge >= 0.3 is 155 Å². The SMILES string of the molecule is c1ccc([Se]c2cc(-c3ccccc3)[se]c2-c2ccccc2)cc1. The summed E-state index contributed by atoms with van der Waals surface area (Å²) in [5.41, 5.74) is 2.75. The third kappa shape index (κ3) is 3.48. The first-order valence-electron chi connectivity index (χ1n) is 7.88. The van der Waals surface area contributed by atoms with Crippen molar-refractivity contribution in [2.45, 2.75) is 0 Å². The molecule has 0 radical (unpaired) electrons. The van der Waals surface area contributed by atoms with E-state index in [1.54, 1.807) is 4.44 Å². The van der Waals surface area contributed by atoms with Gasteiger partial charge in [0.1, 0.15) is 0 Å². The molecule has 0 N–H and O–H groups in total. The quantitative estimate of drug-likeness (QED) is 0.426. The molecule has 116 valence electrons. The summed E-state index contributed by atoms with van der Waals surface area (Å²) >= 11 is 0.722. The number of benzene rings is 3. The monoisotopic (exact) mass is 440 g/mol. The second kappa shape index (κ2) is 7.38. The van der Waals surface area contributed by atoms with E-state index in [0.29, 0.717) is 29.5 Å². The first kappa shape index (κ1) is 15.7. The number of rotatable bonds is 4. The Kier molecular flexibility index (Phi) is 4.83. The number of hydrogen-bond acceptors (Lipinski definition) is 0. The summed E-state index contributed by atoms with van der Waals surface area (Å²) in [4.78, 5) is 0. The maximum atomic E-state index is 2.45. The summed E-state index contributed by atoms with van der Waals surface area (Å²) in [7, 11) is 0. The molecule has 0 amide bonds. The molecule has 0 aliphatic rings. The van der Waals surface area contributed by atoms with Crippen LogP contribution in [0.4, 0.5) is 0 Å². The molecule has 0 saturated heterocycles. The average molecular weight is 438 g/mol. The molecule has 0 nitrogen and oxygen atoms in total. The van der Waals surface area contributed by atoms with Gasteiger partial charge in [-0.3, -0.25) is 0 Å². The average Bonchev–Trinajstić information content (AvgIpc) is 3.08. The van der Waals surface area contributed by atoms with Gasteiger partial charge in [-0.25, -0.2) is 0 Å². The summed E-state index contributed by atoms with van der Waals surface area (Å²) in [5, 5.41) is 0. The third-order valence-corrected chi connectivity index (χ3v) is 9.21. The predicted octanol–water partition coefficient (Wildman–Crippen LogP) is 3.73. The minimum absolute atomic E-state index is 0.352. The molecule has 0 aliphatic carbocycles. The van der Waals surface area contributed by atoms with Crippen molar-refractivity contribution < 1.29 is 0 Å². The summed E-state index contributed by atoms with van der Waals surface area (Å²) in [6.07, 6.45) is 0. The van der Waals surface area contributed by atoms with Crippen LogP contribution in [0.1, 0.15) is 0 Å². The topological polar surface area (TPSA) is 0 Å². The van der Waals surface area contributed by atoms with Crippen LogP contribution in [0.25, 0.3) is 20.0 Å². The molecule has 0 spiro atoms. The minimum atomic E-state index is 0.352. The van der Waals surface area contributed by atoms with E-state index in [0.717, 1.165) is 0 Å². The van der Waals surface area contributed by atoms with E-state index in [1.165, 1.54) is 24.5 Å². The molecule has 24 heavy (non-hydrogen) atoms. The molecule has 1 aromatic heterocycles. The van der Waals surface area contributed by atoms with Crippen LogP contribution in [0.2, 0.25) is 0 Å². The van der Waals surface area contributed by atoms with Gasteiger partial charge in [-0.15, -0.1) is 0 Å². The molecular weight excluding hydrogens is 422 g/mol. The Hall–Kier alpha value is -1.82. The molecule has 0 bridgehead atoms. The van der Waals surface area contributed by atoms with Crippen LogP contribution in [-0.2, 0) is 0 Å². The molecule has 0 unspecified atom stereocenters. The van der Waals surface area contributed by atoms with E-state index in [9.17, 15) is 0 Å². The van der Waals surface area contributed by atoms with Gasteiger partial charge in [-0.05, 0) is 0 Å². The summed E-state index contributed by atoms with van der Waals surface area (Å²) in [6, 6.07) is 35.0. The van der Waals surface area contributed by atoms with E-state index >= 15 is 0 Å². The van der Waals surface area contributed by atoms with Crippen molar-refractivity contribution in [3.05, 3.63) is 97.1 Å². The van der Waals surface area contributed by atoms with Crippen molar-refractivity contribution in [3.8, 4) is 20.0 Å². The molecular formula is C22H16Se2. The second-order valence-corrected chi connectivity index (χ2v) is 10.00. The molecule has 0 atom stereocenters. The van der Waals surface area contributed by atoms with E-state index in [1.807, 2.05) is 0 Å². The van der Waals surface area contributed by atoms with Gasteiger partial charge in [0.25, 0.3) is 0 Å². The van der Waals surface area contributed by atoms with Crippen LogP contribution in [0.3, 0.4) is 0 Å². The van der Waals surface area contributed by atoms with Crippen molar-refractivity contribution >= 4 is 38.4 Å². The second-order valence-electron chi connectivity index (χ2n) is 5.45. The van der Waals surface area contributed by atoms with Crippen LogP contribution in [0, 0.1) is 0 Å². The fourth-order valence-corrected chi connectivity index (χ4v) is 8.08. The Bertz CT molecular complexity index is 910. The Morgan fingerprint density at radius 1 is 0.583 bits per heavy atom. The van der Waals surface area contributed by atoms with Gasteiger partial charge in [-0.2, -0.15) is 0 Å². The Balaban J connectivity index is 1.80. The van der Waals surface area contributed by atoms with E-state index < -0.39 is 0 Å². The van der Waals surface area contributed by atoms with Gasteiger partial charge in [0, 0.05) is 0 Å². The molecule has 0 aliphatic heterocycles. The molecule has 2 heteroatoms. The molecule has 3 aromatic carbocycles. The Morgan fingerprint density at radius 3 is 1.75 bits per heavy atom. The molecule has 1 heterocycles. The zero-order valence-electron chi connectivity index (χ0n) is 13.1. The maximum absolute atomic E-state index is 2.45. The normalized spacial score (nSPS) is 10.7. The molecule has 0 saturated carbocycles. The van der Waals surface area contributed by atoms with Crippen LogP contribution in [-0.4, -0.2) is 29.5 Å². The van der Waals surface area contributed by atoms with Crippen LogP contribution < -0.4 is 8.92 Å². The summed E-state index contributed by atoms with van der Waals surface area (Å²) in [6.45, 7) is 0. The van der Waals surface area contributed by atoms with Gasteiger partial charge < -0.3 is 0 Å². The first-order chi connectivity index (χ1) is 11.9. The van der Waals surface area contributed by atoms with Gasteiger partial charge in [0.05, 0.1) is 0 Å². The van der Waals surface area contributed by atoms with Crippen LogP contribution in [0.15, 0.2) is 97.1 Å². The van der Waals surface area contributed by atoms with Crippen LogP contribution in [0.5, 0.6) is 0 Å². The van der Waals surface area contributed by atoms with Crippen molar-refractivity contribution in [2.75, 3.05) is 0 Å². The molecule has 0 fully saturated rings. The van der Waals surface area contributed by atoms with Gasteiger partial charge in [0.15, 0.2) is 0 Å². The van der Waals surface area contributed by atoms with Gasteiger partial charge in [0.2, 0.25) is 0 Å². The van der Waals surface area contributed by atoms with Crippen molar-refractivity contribution in [1.29, 1.82) is 0 Å². The predicted molar refractivity (Wildman–Crippen MR) is 106 cm³/mol. The molecule has 4 rings (SSSR count). The zero-order valence-corrected chi connectivity index (χ0v) is 16.5. The Morgan fingerprint density at radius 2 is 1.12 bits per heavy atom. The fraction of sp³-hybridized carbons (Fsp3) is 0. The zero-order chi connectivity index (χ0) is 16.2. The first-order valence-corrected chi connectivity index (χ1v) is 11.3. The van der Waals surface area contributed by atoms with Crippen molar-refractivity contribution in [1.82, 2.24) is 0 Å². The van der Waals surface area contributed by atoms with Gasteiger partial charge in [-0.1, -0.05) is 0 Å². The van der Waals surface area contributed by atoms with E-state index in [-0.39, 0.29) is 0 Å². The third-order valence-electron chi connectivity index (χ3n) is 3.76. The number of hydrogen-bond donors (Lipinski definition) is 0. The van der Waals surface area contributed by atoms with Crippen LogP contribution >= 0.6 is 0 Å². The summed E-state index contributed by atoms with van der Waals surface area (Å²) < 4.78 is 6.01. The fourth-order valence-electron chi connectivity index (χ4n) is 2.60. The Labute approximate surface area is 155 Å². The van der Waals surface area contributed by atoms with Crippen molar-refractivity contribution in [3.63, 3.8) is 0 Å². The van der Waals surface area contributed by atoms with E-state index in [2.05, 4.69) is 97.1 Å².